The van der Waals surface area contributed by atoms with Gasteiger partial charge in [-0.15, -0.1) is 0 Å². The first-order valence-electron chi connectivity index (χ1n) is 4.31. The molecule has 0 N–H and O–H groups in total. The Balaban J connectivity index is 2.62. The molecule has 4 nitrogen and oxygen atoms in total. The zero-order chi connectivity index (χ0) is 9.90. The lowest BCUT2D eigenvalue weighted by Gasteiger charge is -2.21. The number of ether oxygens (including phenoxy) is 1. The van der Waals surface area contributed by atoms with Crippen LogP contribution in [0.25, 0.3) is 0 Å². The number of carbonyl (C=O) groups excluding carboxylic acids is 1. The van der Waals surface area contributed by atoms with Crippen LogP contribution in [0.5, 0.6) is 0 Å². The van der Waals surface area contributed by atoms with E-state index in [4.69, 9.17) is 4.74 Å². The van der Waals surface area contributed by atoms with E-state index in [9.17, 15) is 13.2 Å². The summed E-state index contributed by atoms with van der Waals surface area (Å²) in [5, 5.41) is -0.370. The molecule has 1 saturated heterocycles. The highest BCUT2D eigenvalue weighted by atomic mass is 32.2. The zero-order valence-electron chi connectivity index (χ0n) is 7.65. The largest absolute Gasteiger partial charge is 0.381 e. The first-order valence-corrected chi connectivity index (χ1v) is 6.02. The Hall–Kier alpha value is -0.420. The van der Waals surface area contributed by atoms with Gasteiger partial charge in [-0.25, -0.2) is 8.42 Å². The van der Waals surface area contributed by atoms with Crippen LogP contribution < -0.4 is 0 Å². The molecule has 1 rings (SSSR count). The van der Waals surface area contributed by atoms with Crippen molar-refractivity contribution < 1.29 is 17.9 Å². The molecule has 1 fully saturated rings. The molecule has 1 heterocycles. The molecule has 13 heavy (non-hydrogen) atoms. The highest BCUT2D eigenvalue weighted by Crippen LogP contribution is 2.16. The van der Waals surface area contributed by atoms with Crippen LogP contribution in [0, 0.1) is 0 Å². The van der Waals surface area contributed by atoms with Crippen molar-refractivity contribution in [1.29, 1.82) is 0 Å². The van der Waals surface area contributed by atoms with Gasteiger partial charge in [0.25, 0.3) is 0 Å². The van der Waals surface area contributed by atoms with E-state index < -0.39 is 9.84 Å². The number of carbonyl (C=O) groups is 1. The summed E-state index contributed by atoms with van der Waals surface area (Å²) in [7, 11) is -3.21. The van der Waals surface area contributed by atoms with Crippen LogP contribution in [-0.4, -0.2) is 38.4 Å². The maximum absolute atomic E-state index is 11.5. The van der Waals surface area contributed by atoms with Crippen LogP contribution in [-0.2, 0) is 19.4 Å². The monoisotopic (exact) mass is 206 g/mol. The predicted octanol–water partition coefficient (Wildman–Crippen LogP) is 0.169. The van der Waals surface area contributed by atoms with Gasteiger partial charge in [-0.05, 0) is 19.8 Å². The minimum absolute atomic E-state index is 0.286. The lowest BCUT2D eigenvalue weighted by atomic mass is 10.2. The van der Waals surface area contributed by atoms with Crippen LogP contribution in [0.3, 0.4) is 0 Å². The Morgan fingerprint density at radius 3 is 2.38 bits per heavy atom. The number of Topliss-reactive ketones (excluding diaryl/α,β-unsaturated/α-hetero) is 1. The lowest BCUT2D eigenvalue weighted by Crippen LogP contribution is -2.32. The predicted molar refractivity (Wildman–Crippen MR) is 48.3 cm³/mol. The molecule has 0 saturated carbocycles. The molecule has 0 amide bonds. The molecule has 0 radical (unpaired) electrons. The smallest absolute Gasteiger partial charge is 0.160 e. The van der Waals surface area contributed by atoms with Crippen molar-refractivity contribution in [1.82, 2.24) is 0 Å². The van der Waals surface area contributed by atoms with Gasteiger partial charge in [-0.1, -0.05) is 0 Å². The fraction of sp³-hybridized carbons (Fsp3) is 0.875. The number of rotatable bonds is 3. The van der Waals surface area contributed by atoms with Gasteiger partial charge in [0.2, 0.25) is 0 Å². The second-order valence-corrected chi connectivity index (χ2v) is 5.60. The molecule has 0 unspecified atom stereocenters. The number of ketones is 1. The molecule has 1 aliphatic rings. The normalized spacial score (nSPS) is 20.1. The van der Waals surface area contributed by atoms with E-state index in [1.54, 1.807) is 0 Å². The lowest BCUT2D eigenvalue weighted by molar-refractivity contribution is -0.114. The highest BCUT2D eigenvalue weighted by Gasteiger charge is 2.28. The second-order valence-electron chi connectivity index (χ2n) is 3.32. The van der Waals surface area contributed by atoms with Crippen LogP contribution in [0.2, 0.25) is 0 Å². The standard InChI is InChI=1S/C8H14O4S/c1-7(9)6-13(10,11)8-2-4-12-5-3-8/h8H,2-6H2,1H3. The molecular formula is C8H14O4S. The van der Waals surface area contributed by atoms with Gasteiger partial charge in [0.05, 0.1) is 5.25 Å². The van der Waals surface area contributed by atoms with Crippen molar-refractivity contribution in [3.05, 3.63) is 0 Å². The molecule has 0 spiro atoms. The molecule has 76 valence electrons. The number of hydrogen-bond donors (Lipinski definition) is 0. The third kappa shape index (κ3) is 3.08. The molecule has 0 aromatic carbocycles. The van der Waals surface area contributed by atoms with Gasteiger partial charge >= 0.3 is 0 Å². The molecule has 5 heteroatoms. The summed E-state index contributed by atoms with van der Waals surface area (Å²) in [6, 6.07) is 0. The molecule has 0 bridgehead atoms. The SMILES string of the molecule is CC(=O)CS(=O)(=O)C1CCOCC1. The van der Waals surface area contributed by atoms with Crippen molar-refractivity contribution in [2.24, 2.45) is 0 Å². The summed E-state index contributed by atoms with van der Waals surface area (Å²) in [4.78, 5) is 10.7. The molecule has 0 atom stereocenters. The zero-order valence-corrected chi connectivity index (χ0v) is 8.47. The van der Waals surface area contributed by atoms with Crippen molar-refractivity contribution >= 4 is 15.6 Å². The molecule has 0 aliphatic carbocycles. The minimum Gasteiger partial charge on any atom is -0.381 e. The van der Waals surface area contributed by atoms with E-state index in [1.165, 1.54) is 6.92 Å². The Kier molecular flexibility index (Phi) is 3.44. The average Bonchev–Trinajstić information content (AvgIpc) is 2.04. The Morgan fingerprint density at radius 1 is 1.38 bits per heavy atom. The Labute approximate surface area is 78.2 Å². The van der Waals surface area contributed by atoms with Gasteiger partial charge in [0, 0.05) is 13.2 Å². The van der Waals surface area contributed by atoms with Gasteiger partial charge in [0.15, 0.2) is 9.84 Å². The first-order chi connectivity index (χ1) is 6.02. The maximum Gasteiger partial charge on any atom is 0.160 e. The summed E-state index contributed by atoms with van der Waals surface area (Å²) in [6.45, 7) is 2.28. The third-order valence-corrected chi connectivity index (χ3v) is 4.38. The van der Waals surface area contributed by atoms with Crippen molar-refractivity contribution in [2.45, 2.75) is 25.0 Å². The van der Waals surface area contributed by atoms with Gasteiger partial charge in [-0.3, -0.25) is 4.79 Å². The van der Waals surface area contributed by atoms with E-state index >= 15 is 0 Å². The first kappa shape index (κ1) is 10.7. The fourth-order valence-electron chi connectivity index (χ4n) is 1.44. The maximum atomic E-state index is 11.5. The summed E-state index contributed by atoms with van der Waals surface area (Å²) in [5.74, 6) is -0.607. The van der Waals surface area contributed by atoms with Crippen LogP contribution in [0.1, 0.15) is 19.8 Å². The van der Waals surface area contributed by atoms with Gasteiger partial charge < -0.3 is 4.74 Å². The topological polar surface area (TPSA) is 60.4 Å². The minimum atomic E-state index is -3.21. The number of hydrogen-bond acceptors (Lipinski definition) is 4. The van der Waals surface area contributed by atoms with E-state index in [2.05, 4.69) is 0 Å². The third-order valence-electron chi connectivity index (χ3n) is 2.08. The molecule has 0 aromatic rings. The summed E-state index contributed by atoms with van der Waals surface area (Å²) in [6.07, 6.45) is 1.05. The molecular weight excluding hydrogens is 192 g/mol. The second kappa shape index (κ2) is 4.19. The molecule has 1 aliphatic heterocycles. The Morgan fingerprint density at radius 2 is 1.92 bits per heavy atom. The van der Waals surface area contributed by atoms with Crippen LogP contribution in [0.4, 0.5) is 0 Å². The van der Waals surface area contributed by atoms with E-state index in [-0.39, 0.29) is 16.8 Å². The van der Waals surface area contributed by atoms with E-state index in [0.29, 0.717) is 26.1 Å². The van der Waals surface area contributed by atoms with Crippen molar-refractivity contribution in [2.75, 3.05) is 19.0 Å². The highest BCUT2D eigenvalue weighted by molar-refractivity contribution is 7.92. The van der Waals surface area contributed by atoms with Gasteiger partial charge in [-0.2, -0.15) is 0 Å². The van der Waals surface area contributed by atoms with Crippen LogP contribution in [0.15, 0.2) is 0 Å². The van der Waals surface area contributed by atoms with Crippen LogP contribution >= 0.6 is 0 Å². The quantitative estimate of drug-likeness (QED) is 0.660. The average molecular weight is 206 g/mol. The number of sulfone groups is 1. The summed E-state index contributed by atoms with van der Waals surface area (Å²) < 4.78 is 28.1. The fourth-order valence-corrected chi connectivity index (χ4v) is 3.15. The summed E-state index contributed by atoms with van der Waals surface area (Å²) >= 11 is 0. The van der Waals surface area contributed by atoms with Crippen molar-refractivity contribution in [3.63, 3.8) is 0 Å². The Bertz CT molecular complexity index is 275. The van der Waals surface area contributed by atoms with E-state index in [1.807, 2.05) is 0 Å². The van der Waals surface area contributed by atoms with Crippen molar-refractivity contribution in [3.8, 4) is 0 Å². The van der Waals surface area contributed by atoms with Gasteiger partial charge in [0.1, 0.15) is 11.5 Å². The molecule has 0 aromatic heterocycles. The van der Waals surface area contributed by atoms with E-state index in [0.717, 1.165) is 0 Å². The summed E-state index contributed by atoms with van der Waals surface area (Å²) in [5.41, 5.74) is 0.